The molecule has 0 aliphatic carbocycles. The first-order chi connectivity index (χ1) is 22.7. The van der Waals surface area contributed by atoms with Crippen LogP contribution in [0.3, 0.4) is 0 Å². The van der Waals surface area contributed by atoms with Gasteiger partial charge >= 0.3 is 23.9 Å². The normalized spacial score (nSPS) is 10.8. The van der Waals surface area contributed by atoms with Gasteiger partial charge in [-0.15, -0.1) is 0 Å². The second-order valence-electron chi connectivity index (χ2n) is 11.9. The molecular formula is C39H43IO8. The lowest BCUT2D eigenvalue weighted by molar-refractivity contribution is -0.141. The van der Waals surface area contributed by atoms with E-state index >= 15 is 0 Å². The number of ether oxygens (including phenoxy) is 4. The van der Waals surface area contributed by atoms with Gasteiger partial charge < -0.3 is 18.9 Å². The number of rotatable bonds is 15. The summed E-state index contributed by atoms with van der Waals surface area (Å²) in [6.45, 7) is 18.1. The molecule has 0 aromatic heterocycles. The van der Waals surface area contributed by atoms with Crippen molar-refractivity contribution < 1.29 is 38.1 Å². The van der Waals surface area contributed by atoms with E-state index in [4.69, 9.17) is 18.9 Å². The maximum absolute atomic E-state index is 12.7. The van der Waals surface area contributed by atoms with Crippen molar-refractivity contribution in [2.75, 3.05) is 13.2 Å². The Hall–Kier alpha value is -4.25. The molecule has 3 aromatic rings. The number of carbonyl (C=O) groups is 4. The third-order valence-corrected chi connectivity index (χ3v) is 8.20. The van der Waals surface area contributed by atoms with Crippen LogP contribution in [-0.4, -0.2) is 37.1 Å². The summed E-state index contributed by atoms with van der Waals surface area (Å²) >= 11 is 2.28. The summed E-state index contributed by atoms with van der Waals surface area (Å²) < 4.78 is 22.8. The van der Waals surface area contributed by atoms with Gasteiger partial charge in [0.2, 0.25) is 0 Å². The van der Waals surface area contributed by atoms with Crippen molar-refractivity contribution in [3.63, 3.8) is 0 Å². The van der Waals surface area contributed by atoms with Crippen molar-refractivity contribution in [2.45, 2.75) is 73.1 Å². The van der Waals surface area contributed by atoms with Gasteiger partial charge in [0.05, 0.1) is 13.2 Å². The highest BCUT2D eigenvalue weighted by Crippen LogP contribution is 2.39. The molecule has 0 heterocycles. The van der Waals surface area contributed by atoms with Crippen LogP contribution in [0.5, 0.6) is 11.5 Å². The Kier molecular flexibility index (Phi) is 14.1. The van der Waals surface area contributed by atoms with Gasteiger partial charge in [0, 0.05) is 33.5 Å². The monoisotopic (exact) mass is 766 g/mol. The Labute approximate surface area is 296 Å². The fraction of sp³-hybridized carbons (Fsp3) is 0.333. The summed E-state index contributed by atoms with van der Waals surface area (Å²) in [5.74, 6) is -0.911. The molecule has 0 aliphatic heterocycles. The standard InChI is InChI=1S/C39H43IO8/c1-23(2)38(43)45-17-9-11-33(41)47-36-25(5)19-30(20-26(36)6)35(29-13-15-32(40)16-14-29)31-21-27(7)37(28(8)22-31)48-34(42)12-10-18-46-39(44)24(3)4/h13-16,19-22,35H,1,3,9-12,17-18H2,2,4-8H3. The number of aryl methyl sites for hydroxylation is 4. The Balaban J connectivity index is 1.83. The second kappa shape index (κ2) is 17.8. The summed E-state index contributed by atoms with van der Waals surface area (Å²) in [5.41, 5.74) is 7.00. The first-order valence-electron chi connectivity index (χ1n) is 15.7. The largest absolute Gasteiger partial charge is 0.462 e. The van der Waals surface area contributed by atoms with E-state index < -0.39 is 23.9 Å². The van der Waals surface area contributed by atoms with Crippen molar-refractivity contribution in [2.24, 2.45) is 0 Å². The molecule has 0 amide bonds. The molecule has 48 heavy (non-hydrogen) atoms. The van der Waals surface area contributed by atoms with E-state index in [1.165, 1.54) is 0 Å². The highest BCUT2D eigenvalue weighted by Gasteiger charge is 2.23. The van der Waals surface area contributed by atoms with Crippen LogP contribution in [0.4, 0.5) is 0 Å². The average Bonchev–Trinajstić information content (AvgIpc) is 3.02. The molecule has 0 bridgehead atoms. The van der Waals surface area contributed by atoms with Gasteiger partial charge in [-0.25, -0.2) is 9.59 Å². The molecule has 0 saturated heterocycles. The molecule has 8 nitrogen and oxygen atoms in total. The summed E-state index contributed by atoms with van der Waals surface area (Å²) in [6.07, 6.45) is 0.899. The molecule has 0 spiro atoms. The predicted molar refractivity (Wildman–Crippen MR) is 193 cm³/mol. The molecule has 3 aromatic carbocycles. The van der Waals surface area contributed by atoms with E-state index in [0.29, 0.717) is 35.5 Å². The summed E-state index contributed by atoms with van der Waals surface area (Å²) in [6, 6.07) is 16.5. The summed E-state index contributed by atoms with van der Waals surface area (Å²) in [5, 5.41) is 0. The quantitative estimate of drug-likeness (QED) is 0.0380. The highest BCUT2D eigenvalue weighted by molar-refractivity contribution is 14.1. The molecular weight excluding hydrogens is 723 g/mol. The predicted octanol–water partition coefficient (Wildman–Crippen LogP) is 8.31. The van der Waals surface area contributed by atoms with Crippen molar-refractivity contribution in [1.29, 1.82) is 0 Å². The molecule has 0 aliphatic rings. The van der Waals surface area contributed by atoms with Crippen LogP contribution >= 0.6 is 22.6 Å². The Bertz CT molecular complexity index is 1550. The third-order valence-electron chi connectivity index (χ3n) is 7.48. The number of hydrogen-bond acceptors (Lipinski definition) is 8. The van der Waals surface area contributed by atoms with Crippen LogP contribution in [0, 0.1) is 31.3 Å². The summed E-state index contributed by atoms with van der Waals surface area (Å²) in [4.78, 5) is 48.5. The van der Waals surface area contributed by atoms with Gasteiger partial charge in [0.25, 0.3) is 0 Å². The first kappa shape index (κ1) is 38.2. The molecule has 254 valence electrons. The van der Waals surface area contributed by atoms with E-state index in [0.717, 1.165) is 42.5 Å². The second-order valence-corrected chi connectivity index (χ2v) is 13.2. The van der Waals surface area contributed by atoms with E-state index in [9.17, 15) is 19.2 Å². The maximum atomic E-state index is 12.7. The third kappa shape index (κ3) is 10.9. The zero-order chi connectivity index (χ0) is 35.5. The fourth-order valence-electron chi connectivity index (χ4n) is 5.19. The number of hydrogen-bond donors (Lipinski definition) is 0. The molecule has 0 unspecified atom stereocenters. The number of halogens is 1. The molecule has 0 fully saturated rings. The molecule has 0 radical (unpaired) electrons. The Morgan fingerprint density at radius 2 is 0.979 bits per heavy atom. The lowest BCUT2D eigenvalue weighted by Gasteiger charge is -2.23. The topological polar surface area (TPSA) is 105 Å². The minimum absolute atomic E-state index is 0.104. The SMILES string of the molecule is C=C(C)C(=O)OCCCC(=O)Oc1c(C)cc(C(c2ccc(I)cc2)c2cc(C)c(OC(=O)CCCOC(=O)C(=C)C)c(C)c2)cc1C. The average molecular weight is 767 g/mol. The fourth-order valence-corrected chi connectivity index (χ4v) is 5.55. The Morgan fingerprint density at radius 1 is 0.625 bits per heavy atom. The van der Waals surface area contributed by atoms with Gasteiger partial charge in [-0.2, -0.15) is 0 Å². The van der Waals surface area contributed by atoms with Crippen molar-refractivity contribution in [3.05, 3.63) is 115 Å². The molecule has 3 rings (SSSR count). The molecule has 0 atom stereocenters. The number of esters is 4. The van der Waals surface area contributed by atoms with Crippen LogP contribution in [0.2, 0.25) is 0 Å². The first-order valence-corrected chi connectivity index (χ1v) is 16.8. The van der Waals surface area contributed by atoms with Crippen LogP contribution in [0.15, 0.2) is 72.8 Å². The van der Waals surface area contributed by atoms with E-state index in [1.807, 2.05) is 52.0 Å². The Morgan fingerprint density at radius 3 is 1.31 bits per heavy atom. The van der Waals surface area contributed by atoms with Crippen LogP contribution in [0.1, 0.15) is 84.4 Å². The molecule has 0 saturated carbocycles. The zero-order valence-electron chi connectivity index (χ0n) is 28.5. The highest BCUT2D eigenvalue weighted by atomic mass is 127. The van der Waals surface area contributed by atoms with Crippen LogP contribution in [0.25, 0.3) is 0 Å². The maximum Gasteiger partial charge on any atom is 0.333 e. The van der Waals surface area contributed by atoms with Crippen molar-refractivity contribution in [1.82, 2.24) is 0 Å². The van der Waals surface area contributed by atoms with Crippen LogP contribution in [-0.2, 0) is 28.7 Å². The molecule has 9 heteroatoms. The van der Waals surface area contributed by atoms with E-state index in [2.05, 4.69) is 60.0 Å². The smallest absolute Gasteiger partial charge is 0.333 e. The van der Waals surface area contributed by atoms with Gasteiger partial charge in [-0.3, -0.25) is 9.59 Å². The van der Waals surface area contributed by atoms with Crippen LogP contribution < -0.4 is 9.47 Å². The van der Waals surface area contributed by atoms with Gasteiger partial charge in [-0.1, -0.05) is 49.6 Å². The lowest BCUT2D eigenvalue weighted by atomic mass is 9.82. The van der Waals surface area contributed by atoms with Gasteiger partial charge in [0.1, 0.15) is 11.5 Å². The molecule has 0 N–H and O–H groups in total. The van der Waals surface area contributed by atoms with Crippen molar-refractivity contribution >= 4 is 46.5 Å². The lowest BCUT2D eigenvalue weighted by Crippen LogP contribution is -2.14. The van der Waals surface area contributed by atoms with E-state index in [-0.39, 0.29) is 32.0 Å². The number of benzene rings is 3. The van der Waals surface area contributed by atoms with E-state index in [1.54, 1.807) is 13.8 Å². The zero-order valence-corrected chi connectivity index (χ0v) is 30.7. The van der Waals surface area contributed by atoms with Crippen molar-refractivity contribution in [3.8, 4) is 11.5 Å². The minimum Gasteiger partial charge on any atom is -0.462 e. The minimum atomic E-state index is -0.481. The van der Waals surface area contributed by atoms with Gasteiger partial charge in [-0.05, 0) is 128 Å². The summed E-state index contributed by atoms with van der Waals surface area (Å²) in [7, 11) is 0. The van der Waals surface area contributed by atoms with Gasteiger partial charge in [0.15, 0.2) is 0 Å². The number of carbonyl (C=O) groups excluding carboxylic acids is 4.